The van der Waals surface area contributed by atoms with Crippen LogP contribution in [0.25, 0.3) is 0 Å². The van der Waals surface area contributed by atoms with Crippen LogP contribution in [0.4, 0.5) is 0 Å². The van der Waals surface area contributed by atoms with Gasteiger partial charge in [-0.2, -0.15) is 0 Å². The lowest BCUT2D eigenvalue weighted by atomic mass is 9.96. The van der Waals surface area contributed by atoms with Gasteiger partial charge in [-0.15, -0.1) is 0 Å². The molecule has 7 atom stereocenters. The smallest absolute Gasteiger partial charge is 0.472 e. The molecule has 0 amide bonds. The summed E-state index contributed by atoms with van der Waals surface area (Å²) in [6.45, 7) is -1.09. The third-order valence-electron chi connectivity index (χ3n) is 3.57. The summed E-state index contributed by atoms with van der Waals surface area (Å²) in [6.07, 6.45) is -4.33. The maximum atomic E-state index is 12.0. The van der Waals surface area contributed by atoms with Crippen molar-refractivity contribution in [3.8, 4) is 0 Å². The number of hydrogen-bond acceptors (Lipinski definition) is 10. The second-order valence-electron chi connectivity index (χ2n) is 5.58. The fraction of sp³-hybridized carbons (Fsp3) is 1.00. The monoisotopic (exact) mass is 396 g/mol. The van der Waals surface area contributed by atoms with E-state index >= 15 is 0 Å². The molecule has 7 unspecified atom stereocenters. The fourth-order valence-corrected chi connectivity index (χ4v) is 4.07. The second-order valence-corrected chi connectivity index (χ2v) is 8.09. The van der Waals surface area contributed by atoms with Crippen LogP contribution in [0.2, 0.25) is 0 Å². The molecule has 2 fully saturated rings. The van der Waals surface area contributed by atoms with Gasteiger partial charge in [-0.3, -0.25) is 9.05 Å². The molecule has 2 aliphatic heterocycles. The number of hydrogen-bond donors (Lipinski definition) is 2. The molecule has 25 heavy (non-hydrogen) atoms. The van der Waals surface area contributed by atoms with Gasteiger partial charge in [0.05, 0.1) is 33.2 Å². The highest BCUT2D eigenvalue weighted by molar-refractivity contribution is 7.47. The molecule has 15 heteroatoms. The average molecular weight is 396 g/mol. The Labute approximate surface area is 146 Å². The molecule has 4 radical (unpaired) electrons. The summed E-state index contributed by atoms with van der Waals surface area (Å²) in [7, 11) is 1.08. The van der Waals surface area contributed by atoms with E-state index in [2.05, 4.69) is 4.52 Å². The van der Waals surface area contributed by atoms with Crippen LogP contribution in [0.15, 0.2) is 0 Å². The van der Waals surface area contributed by atoms with E-state index in [1.807, 2.05) is 0 Å². The standard InChI is InChI=1S/C10H18B2O11P2/c11-9-1-5(7(3-13)20-9)23-25(17,18)19-4-8-6(2-10(12)21-8)22-24(14,15)16/h5-10,13H,1-4H2,(H,17,18)(H2,14,15,16)/p-2. The lowest BCUT2D eigenvalue weighted by Gasteiger charge is -2.33. The van der Waals surface area contributed by atoms with Crippen LogP contribution in [0.1, 0.15) is 12.8 Å². The van der Waals surface area contributed by atoms with Crippen molar-refractivity contribution in [3.63, 3.8) is 0 Å². The minimum absolute atomic E-state index is 0.0607. The van der Waals surface area contributed by atoms with Crippen molar-refractivity contribution in [3.05, 3.63) is 0 Å². The summed E-state index contributed by atoms with van der Waals surface area (Å²) in [6, 6.07) is -1.69. The quantitative estimate of drug-likeness (QED) is 0.323. The summed E-state index contributed by atoms with van der Waals surface area (Å²) < 4.78 is 46.9. The minimum atomic E-state index is -5.30. The highest BCUT2D eigenvalue weighted by Crippen LogP contribution is 2.48. The topological polar surface area (TPSA) is 167 Å². The molecule has 11 nitrogen and oxygen atoms in total. The third kappa shape index (κ3) is 6.71. The molecule has 140 valence electrons. The van der Waals surface area contributed by atoms with Gasteiger partial charge in [-0.05, 0) is 12.8 Å². The van der Waals surface area contributed by atoms with E-state index < -0.39 is 65.3 Å². The zero-order valence-electron chi connectivity index (χ0n) is 12.9. The van der Waals surface area contributed by atoms with Gasteiger partial charge < -0.3 is 38.3 Å². The van der Waals surface area contributed by atoms with Gasteiger partial charge in [0.2, 0.25) is 0 Å². The predicted octanol–water partition coefficient (Wildman–Crippen LogP) is -2.74. The Morgan fingerprint density at radius 3 is 2.08 bits per heavy atom. The maximum Gasteiger partial charge on any atom is 0.472 e. The van der Waals surface area contributed by atoms with Crippen LogP contribution >= 0.6 is 15.6 Å². The second kappa shape index (κ2) is 8.50. The number of aliphatic hydroxyl groups excluding tert-OH is 1. The van der Waals surface area contributed by atoms with Crippen LogP contribution < -0.4 is 9.79 Å². The van der Waals surface area contributed by atoms with Gasteiger partial charge in [-0.1, -0.05) is 0 Å². The van der Waals surface area contributed by atoms with Crippen LogP contribution in [0.3, 0.4) is 0 Å². The van der Waals surface area contributed by atoms with Gasteiger partial charge in [0, 0.05) is 12.0 Å². The predicted molar refractivity (Wildman–Crippen MR) is 78.3 cm³/mol. The molecule has 0 aromatic carbocycles. The lowest BCUT2D eigenvalue weighted by molar-refractivity contribution is -0.345. The van der Waals surface area contributed by atoms with Crippen molar-refractivity contribution in [1.82, 2.24) is 0 Å². The fourth-order valence-electron chi connectivity index (χ4n) is 2.56. The Morgan fingerprint density at radius 1 is 1.04 bits per heavy atom. The van der Waals surface area contributed by atoms with Gasteiger partial charge in [0.15, 0.2) is 0 Å². The summed E-state index contributed by atoms with van der Waals surface area (Å²) in [5, 5.41) is 9.12. The highest BCUT2D eigenvalue weighted by Gasteiger charge is 2.40. The van der Waals surface area contributed by atoms with Crippen LogP contribution in [0, 0.1) is 0 Å². The summed E-state index contributed by atoms with van der Waals surface area (Å²) >= 11 is 0. The first-order chi connectivity index (χ1) is 11.5. The van der Waals surface area contributed by atoms with Crippen molar-refractivity contribution < 1.29 is 52.0 Å². The van der Waals surface area contributed by atoms with E-state index in [1.54, 1.807) is 0 Å². The first-order valence-electron chi connectivity index (χ1n) is 7.28. The molecule has 0 bridgehead atoms. The molecule has 2 rings (SSSR count). The Hall–Kier alpha value is 0.230. The number of ether oxygens (including phenoxy) is 2. The van der Waals surface area contributed by atoms with Crippen LogP contribution in [-0.2, 0) is 32.2 Å². The van der Waals surface area contributed by atoms with E-state index in [0.29, 0.717) is 0 Å². The summed E-state index contributed by atoms with van der Waals surface area (Å²) in [5.74, 6) is 0. The normalized spacial score (nSPS) is 38.7. The van der Waals surface area contributed by atoms with Crippen molar-refractivity contribution in [2.75, 3.05) is 13.2 Å². The van der Waals surface area contributed by atoms with E-state index in [9.17, 15) is 23.8 Å². The molecule has 2 saturated heterocycles. The molecular formula is C10H16B2O11P2-2. The number of phosphoric ester groups is 2. The molecule has 0 aliphatic carbocycles. The largest absolute Gasteiger partial charge is 0.790 e. The van der Waals surface area contributed by atoms with Gasteiger partial charge in [0.25, 0.3) is 0 Å². The van der Waals surface area contributed by atoms with Gasteiger partial charge >= 0.3 is 7.82 Å². The molecular weight excluding hydrogens is 380 g/mol. The first-order valence-corrected chi connectivity index (χ1v) is 10.2. The first kappa shape index (κ1) is 21.5. The van der Waals surface area contributed by atoms with Crippen molar-refractivity contribution >= 4 is 31.3 Å². The molecule has 2 aliphatic rings. The maximum absolute atomic E-state index is 12.0. The van der Waals surface area contributed by atoms with E-state index in [1.165, 1.54) is 0 Å². The molecule has 2 heterocycles. The van der Waals surface area contributed by atoms with Crippen molar-refractivity contribution in [2.45, 2.75) is 49.3 Å². The number of aliphatic hydroxyl groups is 1. The summed E-state index contributed by atoms with van der Waals surface area (Å²) in [5.41, 5.74) is 0. The van der Waals surface area contributed by atoms with Crippen LogP contribution in [-0.4, -0.2) is 75.3 Å². The van der Waals surface area contributed by atoms with Crippen molar-refractivity contribution in [1.29, 1.82) is 0 Å². The molecule has 0 saturated carbocycles. The van der Waals surface area contributed by atoms with E-state index in [-0.39, 0.29) is 12.8 Å². The molecule has 0 aromatic rings. The Kier molecular flexibility index (Phi) is 7.32. The van der Waals surface area contributed by atoms with Crippen LogP contribution in [0.5, 0.6) is 0 Å². The average Bonchev–Trinajstić information content (AvgIpc) is 2.96. The van der Waals surface area contributed by atoms with Crippen molar-refractivity contribution in [2.24, 2.45) is 0 Å². The Balaban J connectivity index is 1.89. The Morgan fingerprint density at radius 2 is 1.56 bits per heavy atom. The molecule has 2 N–H and O–H groups in total. The summed E-state index contributed by atoms with van der Waals surface area (Å²) in [4.78, 5) is 31.2. The van der Waals surface area contributed by atoms with E-state index in [4.69, 9.17) is 39.3 Å². The SMILES string of the molecule is [B]C1CC(OP(=O)([O-])[O-])C(COP(=O)(O)OC2CC([B])OC2CO)O1. The number of phosphoric acid groups is 2. The Bertz CT molecular complexity index is 545. The zero-order chi connectivity index (χ0) is 18.8. The van der Waals surface area contributed by atoms with Gasteiger partial charge in [0.1, 0.15) is 27.9 Å². The molecule has 0 aromatic heterocycles. The van der Waals surface area contributed by atoms with E-state index in [0.717, 1.165) is 0 Å². The van der Waals surface area contributed by atoms with Gasteiger partial charge in [-0.25, -0.2) is 4.57 Å². The molecule has 0 spiro atoms. The number of rotatable bonds is 8. The third-order valence-corrected chi connectivity index (χ3v) is 5.11. The zero-order valence-corrected chi connectivity index (χ0v) is 14.7. The highest BCUT2D eigenvalue weighted by atomic mass is 31.2. The minimum Gasteiger partial charge on any atom is -0.790 e. The lowest BCUT2D eigenvalue weighted by Crippen LogP contribution is -2.32.